The molecule has 0 spiro atoms. The summed E-state index contributed by atoms with van der Waals surface area (Å²) in [5, 5.41) is 5.46. The molecule has 2 aromatic rings. The van der Waals surface area contributed by atoms with Crippen molar-refractivity contribution in [1.29, 1.82) is 0 Å². The van der Waals surface area contributed by atoms with Gasteiger partial charge in [-0.25, -0.2) is 0 Å². The van der Waals surface area contributed by atoms with Gasteiger partial charge >= 0.3 is 0 Å². The number of benzene rings is 2. The molecule has 2 rings (SSSR count). The maximum atomic E-state index is 11.2. The van der Waals surface area contributed by atoms with Crippen molar-refractivity contribution in [2.45, 2.75) is 23.6 Å². The second kappa shape index (κ2) is 9.40. The molecule has 2 amide bonds. The van der Waals surface area contributed by atoms with E-state index in [2.05, 4.69) is 10.6 Å². The van der Waals surface area contributed by atoms with E-state index in [0.717, 1.165) is 9.79 Å². The van der Waals surface area contributed by atoms with Gasteiger partial charge in [0.15, 0.2) is 0 Å². The number of amides is 2. The number of methoxy groups -OCH3 is 2. The van der Waals surface area contributed by atoms with Crippen molar-refractivity contribution in [2.24, 2.45) is 0 Å². The Morgan fingerprint density at radius 1 is 0.769 bits per heavy atom. The highest BCUT2D eigenvalue weighted by molar-refractivity contribution is 8.76. The van der Waals surface area contributed by atoms with Gasteiger partial charge in [-0.3, -0.25) is 9.59 Å². The van der Waals surface area contributed by atoms with Crippen molar-refractivity contribution in [3.63, 3.8) is 0 Å². The average molecular weight is 393 g/mol. The van der Waals surface area contributed by atoms with Gasteiger partial charge in [-0.15, -0.1) is 0 Å². The second-order valence-electron chi connectivity index (χ2n) is 5.25. The van der Waals surface area contributed by atoms with E-state index in [0.29, 0.717) is 22.9 Å². The maximum Gasteiger partial charge on any atom is 0.221 e. The summed E-state index contributed by atoms with van der Waals surface area (Å²) in [5.41, 5.74) is 1.27. The molecule has 0 aliphatic heterocycles. The van der Waals surface area contributed by atoms with Crippen molar-refractivity contribution >= 4 is 44.8 Å². The van der Waals surface area contributed by atoms with Crippen molar-refractivity contribution in [1.82, 2.24) is 0 Å². The van der Waals surface area contributed by atoms with Gasteiger partial charge in [-0.1, -0.05) is 21.6 Å². The maximum absolute atomic E-state index is 11.2. The van der Waals surface area contributed by atoms with Gasteiger partial charge in [0.25, 0.3) is 0 Å². The van der Waals surface area contributed by atoms with E-state index in [1.807, 2.05) is 36.4 Å². The van der Waals surface area contributed by atoms with Crippen LogP contribution in [0.25, 0.3) is 0 Å². The van der Waals surface area contributed by atoms with E-state index < -0.39 is 0 Å². The van der Waals surface area contributed by atoms with Crippen LogP contribution < -0.4 is 20.1 Å². The van der Waals surface area contributed by atoms with Crippen LogP contribution in [0, 0.1) is 0 Å². The SMILES string of the molecule is COc1cc(SSc2ccc(NC(C)=O)c(OC)c2)ccc1NC(C)=O. The summed E-state index contributed by atoms with van der Waals surface area (Å²) in [6.45, 7) is 2.91. The quantitative estimate of drug-likeness (QED) is 0.679. The van der Waals surface area contributed by atoms with Gasteiger partial charge in [0.2, 0.25) is 11.8 Å². The Hall–Kier alpha value is -2.32. The minimum absolute atomic E-state index is 0.149. The molecule has 0 bridgehead atoms. The van der Waals surface area contributed by atoms with Crippen molar-refractivity contribution in [2.75, 3.05) is 24.9 Å². The summed E-state index contributed by atoms with van der Waals surface area (Å²) in [4.78, 5) is 24.4. The fourth-order valence-electron chi connectivity index (χ4n) is 2.13. The van der Waals surface area contributed by atoms with Crippen LogP contribution in [0.3, 0.4) is 0 Å². The zero-order chi connectivity index (χ0) is 19.1. The Bertz CT molecular complexity index is 744. The highest BCUT2D eigenvalue weighted by Gasteiger charge is 2.09. The molecule has 0 unspecified atom stereocenters. The van der Waals surface area contributed by atoms with Crippen LogP contribution in [0.2, 0.25) is 0 Å². The molecule has 6 nitrogen and oxygen atoms in total. The lowest BCUT2D eigenvalue weighted by Crippen LogP contribution is -2.07. The molecule has 0 radical (unpaired) electrons. The zero-order valence-corrected chi connectivity index (χ0v) is 16.5. The molecule has 0 fully saturated rings. The van der Waals surface area contributed by atoms with E-state index in [9.17, 15) is 9.59 Å². The number of carbonyl (C=O) groups is 2. The number of ether oxygens (including phenoxy) is 2. The van der Waals surface area contributed by atoms with Gasteiger partial charge in [0.05, 0.1) is 25.6 Å². The third-order valence-electron chi connectivity index (χ3n) is 3.20. The molecule has 26 heavy (non-hydrogen) atoms. The van der Waals surface area contributed by atoms with Crippen LogP contribution in [0.4, 0.5) is 11.4 Å². The molecule has 138 valence electrons. The molecule has 2 N–H and O–H groups in total. The number of anilines is 2. The van der Waals surface area contributed by atoms with Gasteiger partial charge in [0.1, 0.15) is 11.5 Å². The van der Waals surface area contributed by atoms with Crippen LogP contribution in [0.15, 0.2) is 46.2 Å². The molecule has 8 heteroatoms. The van der Waals surface area contributed by atoms with Crippen LogP contribution in [-0.2, 0) is 9.59 Å². The number of hydrogen-bond donors (Lipinski definition) is 2. The lowest BCUT2D eigenvalue weighted by Gasteiger charge is -2.12. The first-order valence-electron chi connectivity index (χ1n) is 7.68. The highest BCUT2D eigenvalue weighted by Crippen LogP contribution is 2.42. The van der Waals surface area contributed by atoms with E-state index in [1.165, 1.54) is 13.8 Å². The van der Waals surface area contributed by atoms with E-state index in [-0.39, 0.29) is 11.8 Å². The van der Waals surface area contributed by atoms with E-state index in [4.69, 9.17) is 9.47 Å². The Balaban J connectivity index is 2.10. The summed E-state index contributed by atoms with van der Waals surface area (Å²) in [5.74, 6) is 0.905. The summed E-state index contributed by atoms with van der Waals surface area (Å²) < 4.78 is 10.7. The van der Waals surface area contributed by atoms with Gasteiger partial charge in [0, 0.05) is 23.6 Å². The predicted molar refractivity (Wildman–Crippen MR) is 106 cm³/mol. The summed E-state index contributed by atoms with van der Waals surface area (Å²) >= 11 is 0. The van der Waals surface area contributed by atoms with Crippen LogP contribution >= 0.6 is 21.6 Å². The molecule has 0 aliphatic carbocycles. The first-order chi connectivity index (χ1) is 12.4. The summed E-state index contributed by atoms with van der Waals surface area (Å²) in [7, 11) is 6.23. The number of carbonyl (C=O) groups excluding carboxylic acids is 2. The lowest BCUT2D eigenvalue weighted by atomic mass is 10.3. The molecule has 0 aliphatic rings. The van der Waals surface area contributed by atoms with Crippen molar-refractivity contribution in [3.8, 4) is 11.5 Å². The molecule has 0 saturated heterocycles. The monoisotopic (exact) mass is 392 g/mol. The Labute approximate surface area is 160 Å². The van der Waals surface area contributed by atoms with E-state index in [1.54, 1.807) is 35.8 Å². The van der Waals surface area contributed by atoms with Gasteiger partial charge < -0.3 is 20.1 Å². The summed E-state index contributed by atoms with van der Waals surface area (Å²) in [6.07, 6.45) is 0. The smallest absolute Gasteiger partial charge is 0.221 e. The zero-order valence-electron chi connectivity index (χ0n) is 14.9. The molecule has 0 saturated carbocycles. The lowest BCUT2D eigenvalue weighted by molar-refractivity contribution is -0.115. The Morgan fingerprint density at radius 3 is 1.46 bits per heavy atom. The van der Waals surface area contributed by atoms with E-state index >= 15 is 0 Å². The Kier molecular flexibility index (Phi) is 7.23. The molecule has 0 aromatic heterocycles. The molecule has 0 heterocycles. The third kappa shape index (κ3) is 5.60. The van der Waals surface area contributed by atoms with Crippen LogP contribution in [0.1, 0.15) is 13.8 Å². The highest BCUT2D eigenvalue weighted by atomic mass is 33.1. The second-order valence-corrected chi connectivity index (χ2v) is 7.53. The topological polar surface area (TPSA) is 76.7 Å². The Morgan fingerprint density at radius 2 is 1.15 bits per heavy atom. The van der Waals surface area contributed by atoms with Gasteiger partial charge in [-0.2, -0.15) is 0 Å². The minimum atomic E-state index is -0.149. The van der Waals surface area contributed by atoms with Crippen LogP contribution in [0.5, 0.6) is 11.5 Å². The number of nitrogens with one attached hydrogen (secondary N) is 2. The standard InChI is InChI=1S/C18H20N2O4S2/c1-11(21)19-15-7-5-13(9-17(15)23-3)25-26-14-6-8-16(20-12(2)22)18(10-14)24-4/h5-10H,1-4H3,(H,19,21)(H,20,22). The first-order valence-corrected chi connectivity index (χ1v) is 9.83. The fraction of sp³-hybridized carbons (Fsp3) is 0.222. The molecule has 2 aromatic carbocycles. The summed E-state index contributed by atoms with van der Waals surface area (Å²) in [6, 6.07) is 11.2. The van der Waals surface area contributed by atoms with Gasteiger partial charge in [-0.05, 0) is 36.4 Å². The molecule has 0 atom stereocenters. The minimum Gasteiger partial charge on any atom is -0.495 e. The molecular formula is C18H20N2O4S2. The number of rotatable bonds is 7. The average Bonchev–Trinajstić information content (AvgIpc) is 2.60. The number of hydrogen-bond acceptors (Lipinski definition) is 6. The fourth-order valence-corrected chi connectivity index (χ4v) is 4.08. The largest absolute Gasteiger partial charge is 0.495 e. The van der Waals surface area contributed by atoms with Crippen molar-refractivity contribution < 1.29 is 19.1 Å². The van der Waals surface area contributed by atoms with Crippen LogP contribution in [-0.4, -0.2) is 26.0 Å². The third-order valence-corrected chi connectivity index (χ3v) is 5.58. The first kappa shape index (κ1) is 20.0. The predicted octanol–water partition coefficient (Wildman–Crippen LogP) is 4.42. The molecular weight excluding hydrogens is 372 g/mol. The normalized spacial score (nSPS) is 10.2. The van der Waals surface area contributed by atoms with Crippen molar-refractivity contribution in [3.05, 3.63) is 36.4 Å².